The van der Waals surface area contributed by atoms with Crippen LogP contribution in [-0.4, -0.2) is 58.2 Å². The van der Waals surface area contributed by atoms with Crippen LogP contribution < -0.4 is 10.6 Å². The highest BCUT2D eigenvalue weighted by Gasteiger charge is 2.16. The summed E-state index contributed by atoms with van der Waals surface area (Å²) in [6, 6.07) is 6.46. The third kappa shape index (κ3) is 4.80. The first-order valence-corrected chi connectivity index (χ1v) is 8.88. The van der Waals surface area contributed by atoms with Crippen molar-refractivity contribution in [3.63, 3.8) is 0 Å². The number of rotatable bonds is 4. The summed E-state index contributed by atoms with van der Waals surface area (Å²) < 4.78 is 23.4. The Morgan fingerprint density at radius 2 is 2.05 bits per heavy atom. The maximum atomic E-state index is 12.1. The molecule has 0 bridgehead atoms. The van der Waals surface area contributed by atoms with Gasteiger partial charge < -0.3 is 10.6 Å². The van der Waals surface area contributed by atoms with Crippen LogP contribution in [0.3, 0.4) is 0 Å². The lowest BCUT2D eigenvalue weighted by Crippen LogP contribution is -2.35. The molecule has 21 heavy (non-hydrogen) atoms. The van der Waals surface area contributed by atoms with Gasteiger partial charge in [0.25, 0.3) is 0 Å². The Balaban J connectivity index is 2.03. The Morgan fingerprint density at radius 3 is 2.81 bits per heavy atom. The Labute approximate surface area is 125 Å². The molecule has 0 unspecified atom stereocenters. The second-order valence-corrected chi connectivity index (χ2v) is 7.18. The van der Waals surface area contributed by atoms with Crippen LogP contribution in [0.5, 0.6) is 0 Å². The molecule has 2 N–H and O–H groups in total. The van der Waals surface area contributed by atoms with Crippen molar-refractivity contribution >= 4 is 21.4 Å². The fraction of sp³-hybridized carbons (Fsp3) is 0.500. The first-order valence-electron chi connectivity index (χ1n) is 6.99. The number of nitrogens with zero attached hydrogens (tertiary/aromatic N) is 1. The Bertz CT molecular complexity index is 593. The summed E-state index contributed by atoms with van der Waals surface area (Å²) >= 11 is 0. The summed E-state index contributed by atoms with van der Waals surface area (Å²) in [6.45, 7) is 3.80. The standard InChI is InChI=1S/C14H21N3O3S/c1-21(19,20)13-6-3-2-5-12(13)16-14(18)11-17-9-4-7-15-8-10-17/h2-3,5-6,15H,4,7-11H2,1H3,(H,16,18). The van der Waals surface area contributed by atoms with Gasteiger partial charge in [-0.05, 0) is 31.6 Å². The highest BCUT2D eigenvalue weighted by atomic mass is 32.2. The minimum absolute atomic E-state index is 0.149. The molecule has 1 aliphatic heterocycles. The molecule has 6 nitrogen and oxygen atoms in total. The first kappa shape index (κ1) is 15.9. The maximum Gasteiger partial charge on any atom is 0.238 e. The van der Waals surface area contributed by atoms with E-state index in [1.165, 1.54) is 6.07 Å². The van der Waals surface area contributed by atoms with Crippen molar-refractivity contribution in [1.29, 1.82) is 0 Å². The molecule has 0 aliphatic carbocycles. The monoisotopic (exact) mass is 311 g/mol. The lowest BCUT2D eigenvalue weighted by Gasteiger charge is -2.19. The van der Waals surface area contributed by atoms with Gasteiger partial charge >= 0.3 is 0 Å². The van der Waals surface area contributed by atoms with E-state index in [0.29, 0.717) is 5.69 Å². The van der Waals surface area contributed by atoms with Crippen LogP contribution in [0, 0.1) is 0 Å². The van der Waals surface area contributed by atoms with Crippen LogP contribution in [0.1, 0.15) is 6.42 Å². The SMILES string of the molecule is CS(=O)(=O)c1ccccc1NC(=O)CN1CCCNCC1. The lowest BCUT2D eigenvalue weighted by atomic mass is 10.3. The number of hydrogen-bond donors (Lipinski definition) is 2. The van der Waals surface area contributed by atoms with Crippen LogP contribution in [0.4, 0.5) is 5.69 Å². The third-order valence-corrected chi connectivity index (χ3v) is 4.52. The van der Waals surface area contributed by atoms with Crippen LogP contribution in [0.15, 0.2) is 29.2 Å². The number of amides is 1. The summed E-state index contributed by atoms with van der Waals surface area (Å²) in [4.78, 5) is 14.3. The molecule has 1 heterocycles. The van der Waals surface area contributed by atoms with Crippen LogP contribution >= 0.6 is 0 Å². The van der Waals surface area contributed by atoms with Crippen molar-refractivity contribution in [2.75, 3.05) is 44.3 Å². The quantitative estimate of drug-likeness (QED) is 0.837. The number of benzene rings is 1. The van der Waals surface area contributed by atoms with E-state index in [0.717, 1.165) is 38.9 Å². The highest BCUT2D eigenvalue weighted by Crippen LogP contribution is 2.20. The van der Waals surface area contributed by atoms with Gasteiger partial charge in [-0.3, -0.25) is 9.69 Å². The van der Waals surface area contributed by atoms with E-state index in [1.807, 2.05) is 0 Å². The predicted octanol–water partition coefficient (Wildman–Crippen LogP) is 0.324. The van der Waals surface area contributed by atoms with Crippen molar-refractivity contribution in [2.24, 2.45) is 0 Å². The zero-order valence-electron chi connectivity index (χ0n) is 12.1. The van der Waals surface area contributed by atoms with Crippen molar-refractivity contribution < 1.29 is 13.2 Å². The molecule has 1 aliphatic rings. The fourth-order valence-corrected chi connectivity index (χ4v) is 3.19. The molecule has 1 aromatic carbocycles. The minimum Gasteiger partial charge on any atom is -0.324 e. The molecule has 1 amide bonds. The molecule has 0 saturated carbocycles. The summed E-state index contributed by atoms with van der Waals surface area (Å²) in [5, 5.41) is 5.98. The Kier molecular flexibility index (Phi) is 5.33. The van der Waals surface area contributed by atoms with Crippen LogP contribution in [0.25, 0.3) is 0 Å². The molecule has 2 rings (SSSR count). The first-order chi connectivity index (χ1) is 9.97. The smallest absolute Gasteiger partial charge is 0.238 e. The molecule has 0 spiro atoms. The molecule has 0 aromatic heterocycles. The third-order valence-electron chi connectivity index (χ3n) is 3.36. The summed E-state index contributed by atoms with van der Waals surface area (Å²) in [5.41, 5.74) is 0.345. The molecule has 1 saturated heterocycles. The maximum absolute atomic E-state index is 12.1. The number of para-hydroxylation sites is 1. The van der Waals surface area contributed by atoms with E-state index < -0.39 is 9.84 Å². The largest absolute Gasteiger partial charge is 0.324 e. The van der Waals surface area contributed by atoms with Gasteiger partial charge in [0.1, 0.15) is 0 Å². The molecule has 0 atom stereocenters. The Hall–Kier alpha value is -1.44. The van der Waals surface area contributed by atoms with E-state index in [2.05, 4.69) is 15.5 Å². The van der Waals surface area contributed by atoms with Crippen molar-refractivity contribution in [2.45, 2.75) is 11.3 Å². The molecule has 7 heteroatoms. The van der Waals surface area contributed by atoms with Gasteiger partial charge in [-0.25, -0.2) is 8.42 Å². The minimum atomic E-state index is -3.36. The van der Waals surface area contributed by atoms with Gasteiger partial charge in [0.05, 0.1) is 17.1 Å². The topological polar surface area (TPSA) is 78.5 Å². The summed E-state index contributed by atoms with van der Waals surface area (Å²) in [6.07, 6.45) is 2.14. The summed E-state index contributed by atoms with van der Waals surface area (Å²) in [7, 11) is -3.36. The Morgan fingerprint density at radius 1 is 1.29 bits per heavy atom. The van der Waals surface area contributed by atoms with Crippen molar-refractivity contribution in [3.8, 4) is 0 Å². The molecule has 0 radical (unpaired) electrons. The number of sulfone groups is 1. The average Bonchev–Trinajstić information content (AvgIpc) is 2.66. The van der Waals surface area contributed by atoms with E-state index >= 15 is 0 Å². The second kappa shape index (κ2) is 7.02. The van der Waals surface area contributed by atoms with Crippen LogP contribution in [0.2, 0.25) is 0 Å². The zero-order valence-corrected chi connectivity index (χ0v) is 12.9. The summed E-state index contributed by atoms with van der Waals surface area (Å²) in [5.74, 6) is -0.187. The van der Waals surface area contributed by atoms with Gasteiger partial charge in [-0.2, -0.15) is 0 Å². The average molecular weight is 311 g/mol. The van der Waals surface area contributed by atoms with E-state index in [1.54, 1.807) is 18.2 Å². The number of carbonyl (C=O) groups is 1. The predicted molar refractivity (Wildman–Crippen MR) is 82.1 cm³/mol. The van der Waals surface area contributed by atoms with Gasteiger partial charge in [-0.15, -0.1) is 0 Å². The van der Waals surface area contributed by atoms with Crippen molar-refractivity contribution in [1.82, 2.24) is 10.2 Å². The molecule has 116 valence electrons. The number of carbonyl (C=O) groups excluding carboxylic acids is 1. The highest BCUT2D eigenvalue weighted by molar-refractivity contribution is 7.90. The second-order valence-electron chi connectivity index (χ2n) is 5.20. The molecular formula is C14H21N3O3S. The molecule has 1 fully saturated rings. The van der Waals surface area contributed by atoms with E-state index in [4.69, 9.17) is 0 Å². The van der Waals surface area contributed by atoms with E-state index in [9.17, 15) is 13.2 Å². The fourth-order valence-electron chi connectivity index (χ4n) is 2.35. The number of nitrogens with one attached hydrogen (secondary N) is 2. The number of hydrogen-bond acceptors (Lipinski definition) is 5. The van der Waals surface area contributed by atoms with Crippen LogP contribution in [-0.2, 0) is 14.6 Å². The van der Waals surface area contributed by atoms with E-state index in [-0.39, 0.29) is 17.3 Å². The van der Waals surface area contributed by atoms with Gasteiger partial charge in [0.2, 0.25) is 5.91 Å². The zero-order chi connectivity index (χ0) is 15.3. The van der Waals surface area contributed by atoms with Gasteiger partial charge in [0.15, 0.2) is 9.84 Å². The lowest BCUT2D eigenvalue weighted by molar-refractivity contribution is -0.117. The van der Waals surface area contributed by atoms with Gasteiger partial charge in [-0.1, -0.05) is 12.1 Å². The molecule has 1 aromatic rings. The van der Waals surface area contributed by atoms with Crippen molar-refractivity contribution in [3.05, 3.63) is 24.3 Å². The number of anilines is 1. The normalized spacial score (nSPS) is 17.2. The molecular weight excluding hydrogens is 290 g/mol. The van der Waals surface area contributed by atoms with Gasteiger partial charge in [0, 0.05) is 19.3 Å².